The van der Waals surface area contributed by atoms with E-state index in [4.69, 9.17) is 25.9 Å². The standard InChI is InChI=1S/C11H16N2.C9H12O2.C8H7ClO.C7H6O.CH2O/c1-8(2)13-11-6-5-10(12-4)7-9(11)3;1-7-4-5-8(10-2)9(6-7)11-3;1-6(10)7-4-2-3-5-8(7)9;8-6-7-4-2-1-3-5-7;1-2/h5-7,12H,1-4H3;4-6H,1-3H3;2-5H,1H3;1-6H;1H2. The summed E-state index contributed by atoms with van der Waals surface area (Å²) < 4.78 is 10.2. The van der Waals surface area contributed by atoms with Gasteiger partial charge in [-0.15, -0.1) is 0 Å². The van der Waals surface area contributed by atoms with E-state index in [1.807, 2.05) is 83.1 Å². The summed E-state index contributed by atoms with van der Waals surface area (Å²) in [7, 11) is 5.19. The number of aryl methyl sites for hydroxylation is 2. The van der Waals surface area contributed by atoms with Gasteiger partial charge >= 0.3 is 0 Å². The number of rotatable bonds is 6. The van der Waals surface area contributed by atoms with Crippen molar-refractivity contribution in [3.8, 4) is 11.5 Å². The lowest BCUT2D eigenvalue weighted by Gasteiger charge is -2.06. The fourth-order valence-corrected chi connectivity index (χ4v) is 3.67. The molecule has 0 fully saturated rings. The summed E-state index contributed by atoms with van der Waals surface area (Å²) in [5.74, 6) is 1.57. The van der Waals surface area contributed by atoms with Crippen LogP contribution >= 0.6 is 11.6 Å². The second kappa shape index (κ2) is 22.8. The van der Waals surface area contributed by atoms with Gasteiger partial charge in [0.2, 0.25) is 0 Å². The number of benzene rings is 4. The molecule has 0 amide bonds. The summed E-state index contributed by atoms with van der Waals surface area (Å²) in [6, 6.07) is 28.1. The maximum absolute atomic E-state index is 10.8. The van der Waals surface area contributed by atoms with Crippen LogP contribution in [0.1, 0.15) is 52.6 Å². The summed E-state index contributed by atoms with van der Waals surface area (Å²) >= 11 is 5.70. The molecule has 0 atom stereocenters. The van der Waals surface area contributed by atoms with E-state index in [-0.39, 0.29) is 5.78 Å². The predicted molar refractivity (Wildman–Crippen MR) is 184 cm³/mol. The van der Waals surface area contributed by atoms with E-state index in [1.165, 1.54) is 18.1 Å². The molecular formula is C36H43ClN2O5. The number of carbonyl (C=O) groups excluding carboxylic acids is 3. The Morgan fingerprint density at radius 2 is 1.41 bits per heavy atom. The van der Waals surface area contributed by atoms with E-state index >= 15 is 0 Å². The van der Waals surface area contributed by atoms with Gasteiger partial charge in [-0.25, -0.2) is 0 Å². The fraction of sp³-hybridized carbons (Fsp3) is 0.222. The smallest absolute Gasteiger partial charge is 0.161 e. The maximum Gasteiger partial charge on any atom is 0.161 e. The zero-order chi connectivity index (χ0) is 33.5. The van der Waals surface area contributed by atoms with Crippen molar-refractivity contribution < 1.29 is 23.9 Å². The third-order valence-corrected chi connectivity index (χ3v) is 5.89. The highest BCUT2D eigenvalue weighted by atomic mass is 35.5. The molecule has 0 aliphatic rings. The molecule has 0 aromatic heterocycles. The number of hydrogen-bond donors (Lipinski definition) is 1. The normalized spacial score (nSPS) is 8.93. The molecule has 0 spiro atoms. The van der Waals surface area contributed by atoms with Gasteiger partial charge in [-0.05, 0) is 88.2 Å². The highest BCUT2D eigenvalue weighted by Gasteiger charge is 2.02. The maximum atomic E-state index is 10.8. The Morgan fingerprint density at radius 3 is 1.84 bits per heavy atom. The molecule has 0 aliphatic carbocycles. The zero-order valence-electron chi connectivity index (χ0n) is 26.8. The molecular weight excluding hydrogens is 576 g/mol. The number of hydrogen-bond acceptors (Lipinski definition) is 7. The van der Waals surface area contributed by atoms with Crippen LogP contribution in [0.2, 0.25) is 5.02 Å². The van der Waals surface area contributed by atoms with Crippen LogP contribution in [0.5, 0.6) is 11.5 Å². The second-order valence-corrected chi connectivity index (χ2v) is 9.64. The quantitative estimate of drug-likeness (QED) is 0.132. The van der Waals surface area contributed by atoms with Crippen molar-refractivity contribution in [3.63, 3.8) is 0 Å². The van der Waals surface area contributed by atoms with Crippen LogP contribution in [0.3, 0.4) is 0 Å². The molecule has 1 N–H and O–H groups in total. The number of carbonyl (C=O) groups is 3. The minimum absolute atomic E-state index is 0.00519. The van der Waals surface area contributed by atoms with E-state index in [2.05, 4.69) is 23.3 Å². The first kappa shape index (κ1) is 39.2. The van der Waals surface area contributed by atoms with Crippen molar-refractivity contribution >= 4 is 47.5 Å². The molecule has 8 heteroatoms. The first-order valence-corrected chi connectivity index (χ1v) is 14.0. The molecule has 7 nitrogen and oxygen atoms in total. The lowest BCUT2D eigenvalue weighted by atomic mass is 10.1. The van der Waals surface area contributed by atoms with Crippen molar-refractivity contribution in [2.24, 2.45) is 4.99 Å². The average molecular weight is 619 g/mol. The fourth-order valence-electron chi connectivity index (χ4n) is 3.40. The van der Waals surface area contributed by atoms with E-state index in [0.717, 1.165) is 40.4 Å². The Morgan fingerprint density at radius 1 is 0.818 bits per heavy atom. The Kier molecular flexibility index (Phi) is 20.3. The van der Waals surface area contributed by atoms with Gasteiger partial charge in [0.1, 0.15) is 13.1 Å². The third kappa shape index (κ3) is 15.5. The van der Waals surface area contributed by atoms with E-state index < -0.39 is 0 Å². The topological polar surface area (TPSA) is 94.1 Å². The van der Waals surface area contributed by atoms with Crippen LogP contribution in [0.15, 0.2) is 96.0 Å². The van der Waals surface area contributed by atoms with E-state index in [9.17, 15) is 9.59 Å². The second-order valence-electron chi connectivity index (χ2n) is 9.23. The van der Waals surface area contributed by atoms with Crippen molar-refractivity contribution in [2.45, 2.75) is 34.6 Å². The minimum atomic E-state index is 0.00519. The van der Waals surface area contributed by atoms with E-state index in [1.54, 1.807) is 50.6 Å². The third-order valence-electron chi connectivity index (χ3n) is 5.56. The Balaban J connectivity index is 0.000000556. The van der Waals surface area contributed by atoms with Crippen LogP contribution in [-0.2, 0) is 4.79 Å². The predicted octanol–water partition coefficient (Wildman–Crippen LogP) is 9.02. The van der Waals surface area contributed by atoms with Crippen molar-refractivity contribution in [1.29, 1.82) is 0 Å². The van der Waals surface area contributed by atoms with Gasteiger partial charge in [-0.2, -0.15) is 0 Å². The lowest BCUT2D eigenvalue weighted by molar-refractivity contribution is -0.0980. The van der Waals surface area contributed by atoms with Gasteiger partial charge < -0.3 is 19.6 Å². The SMILES string of the molecule is C=O.CC(=O)c1ccccc1Cl.CNc1ccc(N=C(C)C)c(C)c1.COc1ccc(C)cc1OC.O=Cc1ccccc1. The molecule has 0 saturated heterocycles. The number of methoxy groups -OCH3 is 2. The number of anilines is 1. The minimum Gasteiger partial charge on any atom is -0.493 e. The van der Waals surface area contributed by atoms with Gasteiger partial charge in [0.05, 0.1) is 24.9 Å². The summed E-state index contributed by atoms with van der Waals surface area (Å²) in [6.07, 6.45) is 0.833. The van der Waals surface area contributed by atoms with Gasteiger partial charge in [0.15, 0.2) is 17.3 Å². The van der Waals surface area contributed by atoms with Crippen molar-refractivity contribution in [3.05, 3.63) is 118 Å². The molecule has 0 unspecified atom stereocenters. The lowest BCUT2D eigenvalue weighted by Crippen LogP contribution is -1.91. The largest absolute Gasteiger partial charge is 0.493 e. The first-order valence-electron chi connectivity index (χ1n) is 13.6. The molecule has 0 radical (unpaired) electrons. The number of ether oxygens (including phenoxy) is 2. The molecule has 0 saturated carbocycles. The summed E-state index contributed by atoms with van der Waals surface area (Å²) in [4.78, 5) is 33.2. The first-order chi connectivity index (χ1) is 21.1. The van der Waals surface area contributed by atoms with Crippen LogP contribution in [0.25, 0.3) is 0 Å². The van der Waals surface area contributed by atoms with Gasteiger partial charge in [-0.3, -0.25) is 14.6 Å². The van der Waals surface area contributed by atoms with E-state index in [0.29, 0.717) is 10.6 Å². The highest BCUT2D eigenvalue weighted by Crippen LogP contribution is 2.27. The Labute approximate surface area is 266 Å². The Hall–Kier alpha value is -4.75. The van der Waals surface area contributed by atoms with Crippen molar-refractivity contribution in [2.75, 3.05) is 26.6 Å². The molecule has 234 valence electrons. The number of nitrogens with one attached hydrogen (secondary N) is 1. The van der Waals surface area contributed by atoms with Gasteiger partial charge in [-0.1, -0.05) is 60.1 Å². The molecule has 4 aromatic rings. The van der Waals surface area contributed by atoms with Crippen LogP contribution in [0.4, 0.5) is 11.4 Å². The highest BCUT2D eigenvalue weighted by molar-refractivity contribution is 6.33. The molecule has 4 rings (SSSR count). The summed E-state index contributed by atoms with van der Waals surface area (Å²) in [5.41, 5.74) is 6.96. The molecule has 0 bridgehead atoms. The Bertz CT molecular complexity index is 1450. The van der Waals surface area contributed by atoms with Gasteiger partial charge in [0.25, 0.3) is 0 Å². The van der Waals surface area contributed by atoms with Gasteiger partial charge in [0, 0.05) is 29.6 Å². The van der Waals surface area contributed by atoms with Crippen molar-refractivity contribution in [1.82, 2.24) is 0 Å². The zero-order valence-corrected chi connectivity index (χ0v) is 27.6. The number of nitrogens with zero attached hydrogens (tertiary/aromatic N) is 1. The van der Waals surface area contributed by atoms with Crippen LogP contribution < -0.4 is 14.8 Å². The monoisotopic (exact) mass is 618 g/mol. The molecule has 44 heavy (non-hydrogen) atoms. The summed E-state index contributed by atoms with van der Waals surface area (Å²) in [6.45, 7) is 11.6. The summed E-state index contributed by atoms with van der Waals surface area (Å²) in [5, 5.41) is 3.62. The number of ketones is 1. The number of halogens is 1. The van der Waals surface area contributed by atoms with Crippen LogP contribution in [0, 0.1) is 13.8 Å². The molecule has 0 aliphatic heterocycles. The number of aliphatic imine (C=N–C) groups is 1. The van der Waals surface area contributed by atoms with Crippen LogP contribution in [-0.4, -0.2) is 45.8 Å². The number of aldehydes is 1. The molecule has 0 heterocycles. The average Bonchev–Trinajstić information content (AvgIpc) is 3.04. The molecule has 4 aromatic carbocycles. The number of Topliss-reactive ketones (excluding diaryl/α,β-unsaturated/α-hetero) is 1.